The maximum absolute atomic E-state index is 4.60. The lowest BCUT2D eigenvalue weighted by Gasteiger charge is -2.31. The average Bonchev–Trinajstić information content (AvgIpc) is 2.12. The van der Waals surface area contributed by atoms with Gasteiger partial charge in [0.05, 0.1) is 11.7 Å². The summed E-state index contributed by atoms with van der Waals surface area (Å²) < 4.78 is 0. The van der Waals surface area contributed by atoms with E-state index in [9.17, 15) is 0 Å². The first kappa shape index (κ1) is 12.2. The Kier molecular flexibility index (Phi) is 3.86. The first-order valence-electron chi connectivity index (χ1n) is 5.62. The Morgan fingerprint density at radius 3 is 2.47 bits per heavy atom. The van der Waals surface area contributed by atoms with Crippen LogP contribution in [0.25, 0.3) is 0 Å². The Morgan fingerprint density at radius 1 is 1.33 bits per heavy atom. The molecule has 0 spiro atoms. The summed E-state index contributed by atoms with van der Waals surface area (Å²) in [5, 5.41) is 3.50. The van der Waals surface area contributed by atoms with Crippen LogP contribution in [0, 0.1) is 12.3 Å². The zero-order valence-corrected chi connectivity index (χ0v) is 10.5. The number of nitrogens with zero attached hydrogens (tertiary/aromatic N) is 1. The first-order chi connectivity index (χ1) is 6.95. The third-order valence-electron chi connectivity index (χ3n) is 2.48. The quantitative estimate of drug-likeness (QED) is 0.822. The lowest BCUT2D eigenvalue weighted by atomic mass is 9.84. The van der Waals surface area contributed by atoms with Crippen molar-refractivity contribution < 1.29 is 0 Å². The van der Waals surface area contributed by atoms with Gasteiger partial charge in [-0.3, -0.25) is 4.98 Å². The van der Waals surface area contributed by atoms with Gasteiger partial charge in [0.25, 0.3) is 0 Å². The largest absolute Gasteiger partial charge is 0.308 e. The highest BCUT2D eigenvalue weighted by molar-refractivity contribution is 5.15. The number of hydrogen-bond donors (Lipinski definition) is 1. The van der Waals surface area contributed by atoms with E-state index >= 15 is 0 Å². The van der Waals surface area contributed by atoms with Gasteiger partial charge < -0.3 is 5.32 Å². The predicted molar refractivity (Wildman–Crippen MR) is 64.8 cm³/mol. The molecule has 15 heavy (non-hydrogen) atoms. The van der Waals surface area contributed by atoms with Crippen LogP contribution in [0.2, 0.25) is 0 Å². The Hall–Kier alpha value is -0.890. The summed E-state index contributed by atoms with van der Waals surface area (Å²) in [7, 11) is 0. The van der Waals surface area contributed by atoms with Crippen LogP contribution in [0.1, 0.15) is 45.1 Å². The maximum Gasteiger partial charge on any atom is 0.0581 e. The van der Waals surface area contributed by atoms with E-state index < -0.39 is 0 Å². The lowest BCUT2D eigenvalue weighted by molar-refractivity contribution is 0.271. The summed E-state index contributed by atoms with van der Waals surface area (Å²) in [5.41, 5.74) is 2.42. The van der Waals surface area contributed by atoms with Crippen molar-refractivity contribution in [1.82, 2.24) is 10.3 Å². The van der Waals surface area contributed by atoms with Crippen molar-refractivity contribution in [3.05, 3.63) is 29.6 Å². The minimum absolute atomic E-state index is 0.191. The molecule has 2 nitrogen and oxygen atoms in total. The molecule has 0 amide bonds. The highest BCUT2D eigenvalue weighted by atomic mass is 15.0. The average molecular weight is 206 g/mol. The molecule has 1 rings (SSSR count). The molecule has 0 fully saturated rings. The molecule has 1 atom stereocenters. The maximum atomic E-state index is 4.60. The summed E-state index contributed by atoms with van der Waals surface area (Å²) in [6.07, 6.45) is 0. The van der Waals surface area contributed by atoms with Crippen LogP contribution in [-0.2, 0) is 0 Å². The monoisotopic (exact) mass is 206 g/mol. The number of pyridine rings is 1. The summed E-state index contributed by atoms with van der Waals surface area (Å²) >= 11 is 0. The van der Waals surface area contributed by atoms with Gasteiger partial charge in [-0.15, -0.1) is 0 Å². The van der Waals surface area contributed by atoms with Crippen LogP contribution in [0.5, 0.6) is 0 Å². The van der Waals surface area contributed by atoms with Crippen LogP contribution in [-0.4, -0.2) is 11.5 Å². The fourth-order valence-electron chi connectivity index (χ4n) is 1.78. The fourth-order valence-corrected chi connectivity index (χ4v) is 1.78. The molecule has 0 aliphatic heterocycles. The molecule has 2 heteroatoms. The summed E-state index contributed by atoms with van der Waals surface area (Å²) in [4.78, 5) is 4.60. The second-order valence-electron chi connectivity index (χ2n) is 5.06. The highest BCUT2D eigenvalue weighted by Gasteiger charge is 2.26. The second-order valence-corrected chi connectivity index (χ2v) is 5.06. The minimum atomic E-state index is 0.191. The topological polar surface area (TPSA) is 24.9 Å². The standard InChI is InChI=1S/C13H22N2/c1-6-14-12(13(3,4)5)11-9-7-8-10(2)15-11/h7-9,12,14H,6H2,1-5H3. The Bertz CT molecular complexity index is 313. The van der Waals surface area contributed by atoms with E-state index in [-0.39, 0.29) is 5.41 Å². The smallest absolute Gasteiger partial charge is 0.0581 e. The number of hydrogen-bond acceptors (Lipinski definition) is 2. The van der Waals surface area contributed by atoms with Crippen LogP contribution < -0.4 is 5.32 Å². The van der Waals surface area contributed by atoms with Gasteiger partial charge in [0.15, 0.2) is 0 Å². The van der Waals surface area contributed by atoms with Crippen LogP contribution in [0.4, 0.5) is 0 Å². The van der Waals surface area contributed by atoms with Crippen LogP contribution in [0.15, 0.2) is 18.2 Å². The van der Waals surface area contributed by atoms with E-state index in [0.717, 1.165) is 17.9 Å². The molecule has 84 valence electrons. The van der Waals surface area contributed by atoms with E-state index in [1.165, 1.54) is 0 Å². The van der Waals surface area contributed by atoms with Gasteiger partial charge >= 0.3 is 0 Å². The van der Waals surface area contributed by atoms with E-state index in [0.29, 0.717) is 6.04 Å². The minimum Gasteiger partial charge on any atom is -0.308 e. The van der Waals surface area contributed by atoms with Crippen molar-refractivity contribution in [2.45, 2.75) is 40.7 Å². The van der Waals surface area contributed by atoms with Gasteiger partial charge in [0.2, 0.25) is 0 Å². The van der Waals surface area contributed by atoms with E-state index in [4.69, 9.17) is 0 Å². The lowest BCUT2D eigenvalue weighted by Crippen LogP contribution is -2.32. The predicted octanol–water partition coefficient (Wildman–Crippen LogP) is 3.09. The third-order valence-corrected chi connectivity index (χ3v) is 2.48. The Labute approximate surface area is 93.1 Å². The SMILES string of the molecule is CCNC(c1cccc(C)n1)C(C)(C)C. The van der Waals surface area contributed by atoms with E-state index in [2.05, 4.69) is 50.1 Å². The van der Waals surface area contributed by atoms with E-state index in [1.54, 1.807) is 0 Å². The van der Waals surface area contributed by atoms with Crippen LogP contribution in [0.3, 0.4) is 0 Å². The Balaban J connectivity index is 2.99. The second kappa shape index (κ2) is 4.75. The van der Waals surface area contributed by atoms with Crippen molar-refractivity contribution in [1.29, 1.82) is 0 Å². The molecule has 1 N–H and O–H groups in total. The van der Waals surface area contributed by atoms with Crippen molar-refractivity contribution in [2.24, 2.45) is 5.41 Å². The highest BCUT2D eigenvalue weighted by Crippen LogP contribution is 2.31. The molecular weight excluding hydrogens is 184 g/mol. The van der Waals surface area contributed by atoms with Crippen molar-refractivity contribution in [3.63, 3.8) is 0 Å². The summed E-state index contributed by atoms with van der Waals surface area (Å²) in [6, 6.07) is 6.54. The van der Waals surface area contributed by atoms with Crippen molar-refractivity contribution in [2.75, 3.05) is 6.54 Å². The van der Waals surface area contributed by atoms with Crippen molar-refractivity contribution in [3.8, 4) is 0 Å². The molecule has 0 bridgehead atoms. The molecule has 0 radical (unpaired) electrons. The normalized spacial score (nSPS) is 13.9. The summed E-state index contributed by atoms with van der Waals surface area (Å²) in [6.45, 7) is 11.9. The van der Waals surface area contributed by atoms with E-state index in [1.807, 2.05) is 13.0 Å². The summed E-state index contributed by atoms with van der Waals surface area (Å²) in [5.74, 6) is 0. The van der Waals surface area contributed by atoms with Gasteiger partial charge in [-0.05, 0) is 31.0 Å². The van der Waals surface area contributed by atoms with Gasteiger partial charge in [0, 0.05) is 5.69 Å². The zero-order chi connectivity index (χ0) is 11.5. The molecule has 1 aromatic heterocycles. The number of nitrogens with one attached hydrogen (secondary N) is 1. The molecule has 1 aromatic rings. The first-order valence-corrected chi connectivity index (χ1v) is 5.62. The molecule has 0 saturated heterocycles. The van der Waals surface area contributed by atoms with Gasteiger partial charge in [0.1, 0.15) is 0 Å². The Morgan fingerprint density at radius 2 is 2.00 bits per heavy atom. The number of rotatable bonds is 3. The molecule has 1 unspecified atom stereocenters. The molecule has 0 aromatic carbocycles. The molecule has 0 aliphatic carbocycles. The van der Waals surface area contributed by atoms with Crippen molar-refractivity contribution >= 4 is 0 Å². The fraction of sp³-hybridized carbons (Fsp3) is 0.615. The van der Waals surface area contributed by atoms with Crippen LogP contribution >= 0.6 is 0 Å². The van der Waals surface area contributed by atoms with Gasteiger partial charge in [-0.2, -0.15) is 0 Å². The molecule has 0 saturated carbocycles. The molecular formula is C13H22N2. The molecule has 1 heterocycles. The molecule has 0 aliphatic rings. The van der Waals surface area contributed by atoms with Gasteiger partial charge in [-0.1, -0.05) is 33.8 Å². The number of aromatic nitrogens is 1. The third kappa shape index (κ3) is 3.31. The zero-order valence-electron chi connectivity index (χ0n) is 10.5. The number of aryl methyl sites for hydroxylation is 1. The van der Waals surface area contributed by atoms with Gasteiger partial charge in [-0.25, -0.2) is 0 Å².